The molecule has 0 amide bonds. The number of carbonyl (C=O) groups is 1. The molecule has 0 spiro atoms. The second kappa shape index (κ2) is 12.7. The normalized spacial score (nSPS) is 16.0. The van der Waals surface area contributed by atoms with Crippen LogP contribution in [-0.2, 0) is 41.1 Å². The topological polar surface area (TPSA) is 99.6 Å². The number of rotatable bonds is 14. The second-order valence-electron chi connectivity index (χ2n) is 9.06. The second-order valence-corrected chi connectivity index (χ2v) is 14.5. The van der Waals surface area contributed by atoms with Gasteiger partial charge in [-0.15, -0.1) is 11.3 Å². The molecule has 1 aromatic carbocycles. The molecule has 1 aliphatic carbocycles. The summed E-state index contributed by atoms with van der Waals surface area (Å²) in [5, 5.41) is 0.733. The highest BCUT2D eigenvalue weighted by Crippen LogP contribution is 2.48. The van der Waals surface area contributed by atoms with E-state index >= 15 is 0 Å². The third-order valence-electron chi connectivity index (χ3n) is 6.35. The van der Waals surface area contributed by atoms with Gasteiger partial charge in [-0.1, -0.05) is 37.8 Å². The average Bonchev–Trinajstić information content (AvgIpc) is 3.48. The van der Waals surface area contributed by atoms with Gasteiger partial charge in [0.15, 0.2) is 9.84 Å². The van der Waals surface area contributed by atoms with E-state index in [1.54, 1.807) is 44.3 Å². The molecule has 2 aromatic rings. The summed E-state index contributed by atoms with van der Waals surface area (Å²) in [4.78, 5) is 19.1. The molecule has 0 bridgehead atoms. The van der Waals surface area contributed by atoms with E-state index in [0.29, 0.717) is 25.6 Å². The van der Waals surface area contributed by atoms with Gasteiger partial charge in [0, 0.05) is 23.2 Å². The summed E-state index contributed by atoms with van der Waals surface area (Å²) >= 11 is 1.46. The van der Waals surface area contributed by atoms with Crippen molar-refractivity contribution in [1.82, 2.24) is 4.98 Å². The molecule has 7 nitrogen and oxygen atoms in total. The van der Waals surface area contributed by atoms with Crippen molar-refractivity contribution in [3.8, 4) is 0 Å². The first-order valence-electron chi connectivity index (χ1n) is 12.3. The van der Waals surface area contributed by atoms with E-state index < -0.39 is 17.4 Å². The van der Waals surface area contributed by atoms with Crippen molar-refractivity contribution >= 4 is 34.6 Å². The van der Waals surface area contributed by atoms with Crippen LogP contribution in [0.3, 0.4) is 0 Å². The Kier molecular flexibility index (Phi) is 10.3. The maximum atomic E-state index is 13.4. The van der Waals surface area contributed by atoms with Crippen LogP contribution in [0.1, 0.15) is 67.3 Å². The molecule has 10 heteroatoms. The molecule has 35 heavy (non-hydrogen) atoms. The molecule has 0 saturated heterocycles. The first-order valence-corrected chi connectivity index (χ1v) is 16.7. The Morgan fingerprint density at radius 2 is 1.77 bits per heavy atom. The Hall–Kier alpha value is -1.38. The summed E-state index contributed by atoms with van der Waals surface area (Å²) in [5.41, 5.74) is 0.862. The minimum atomic E-state index is -3.29. The molecule has 1 aliphatic rings. The molecular formula is C25H36NO6PS2. The SMILES string of the molecule is CCOP(=O)(CCc1cnc(CC(=O)[C@H](CC2CCCC2)c2ccc(S(C)(=O)=O)cc2)s1)OCC. The number of nitrogens with zero attached hydrogens (tertiary/aromatic N) is 1. The summed E-state index contributed by atoms with van der Waals surface area (Å²) in [6.07, 6.45) is 9.38. The molecule has 0 unspecified atom stereocenters. The summed E-state index contributed by atoms with van der Waals surface area (Å²) in [6.45, 7) is 4.23. The van der Waals surface area contributed by atoms with Gasteiger partial charge in [0.05, 0.1) is 30.7 Å². The number of ketones is 1. The number of carbonyl (C=O) groups excluding carboxylic acids is 1. The summed E-state index contributed by atoms with van der Waals surface area (Å²) in [5.74, 6) is 0.325. The lowest BCUT2D eigenvalue weighted by Crippen LogP contribution is -2.18. The van der Waals surface area contributed by atoms with Crippen molar-refractivity contribution in [2.75, 3.05) is 25.6 Å². The van der Waals surface area contributed by atoms with E-state index in [2.05, 4.69) is 4.98 Å². The highest BCUT2D eigenvalue weighted by Gasteiger charge is 2.28. The number of aromatic nitrogens is 1. The highest BCUT2D eigenvalue weighted by molar-refractivity contribution is 7.90. The molecule has 1 aromatic heterocycles. The Balaban J connectivity index is 1.70. The fraction of sp³-hybridized carbons (Fsp3) is 0.600. The molecule has 0 N–H and O–H groups in total. The van der Waals surface area contributed by atoms with Gasteiger partial charge in [-0.2, -0.15) is 0 Å². The van der Waals surface area contributed by atoms with Crippen LogP contribution in [0.25, 0.3) is 0 Å². The molecule has 3 rings (SSSR count). The Bertz CT molecular complexity index is 1110. The standard InChI is InChI=1S/C25H36NO6PS2/c1-4-31-33(28,32-5-2)15-14-21-18-26-25(34-21)17-24(27)23(16-19-8-6-7-9-19)20-10-12-22(13-11-20)35(3,29)30/h10-13,18-19,23H,4-9,14-17H2,1-3H3/t23-/m1/s1. The molecule has 1 saturated carbocycles. The number of thiazole rings is 1. The van der Waals surface area contributed by atoms with Crippen LogP contribution in [0, 0.1) is 5.92 Å². The molecule has 1 atom stereocenters. The zero-order chi connectivity index (χ0) is 25.5. The quantitative estimate of drug-likeness (QED) is 0.277. The van der Waals surface area contributed by atoms with E-state index in [9.17, 15) is 17.8 Å². The number of Topliss-reactive ketones (excluding diaryl/α,β-unsaturated/α-hetero) is 1. The van der Waals surface area contributed by atoms with Crippen molar-refractivity contribution in [3.63, 3.8) is 0 Å². The van der Waals surface area contributed by atoms with Gasteiger partial charge in [0.1, 0.15) is 10.8 Å². The van der Waals surface area contributed by atoms with Crippen LogP contribution in [0.4, 0.5) is 0 Å². The van der Waals surface area contributed by atoms with Crippen molar-refractivity contribution in [2.45, 2.75) is 69.6 Å². The van der Waals surface area contributed by atoms with E-state index in [4.69, 9.17) is 9.05 Å². The van der Waals surface area contributed by atoms with Crippen LogP contribution in [0.5, 0.6) is 0 Å². The van der Waals surface area contributed by atoms with Gasteiger partial charge in [-0.25, -0.2) is 13.4 Å². The van der Waals surface area contributed by atoms with Crippen LogP contribution in [-0.4, -0.2) is 44.8 Å². The third-order valence-corrected chi connectivity index (χ3v) is 10.6. The molecule has 0 aliphatic heterocycles. The molecule has 1 heterocycles. The van der Waals surface area contributed by atoms with Gasteiger partial charge in [-0.05, 0) is 50.3 Å². The zero-order valence-corrected chi connectivity index (χ0v) is 23.3. The lowest BCUT2D eigenvalue weighted by atomic mass is 9.84. The average molecular weight is 542 g/mol. The largest absolute Gasteiger partial charge is 0.331 e. The molecular weight excluding hydrogens is 505 g/mol. The van der Waals surface area contributed by atoms with E-state index in [1.165, 1.54) is 30.4 Å². The Morgan fingerprint density at radius 1 is 1.14 bits per heavy atom. The first-order chi connectivity index (χ1) is 16.6. The lowest BCUT2D eigenvalue weighted by Gasteiger charge is -2.20. The fourth-order valence-electron chi connectivity index (χ4n) is 4.60. The minimum Gasteiger partial charge on any atom is -0.309 e. The number of aryl methyl sites for hydroxylation is 1. The fourth-order valence-corrected chi connectivity index (χ4v) is 7.95. The van der Waals surface area contributed by atoms with Crippen LogP contribution < -0.4 is 0 Å². The van der Waals surface area contributed by atoms with Crippen molar-refractivity contribution in [1.29, 1.82) is 0 Å². The first kappa shape index (κ1) is 28.2. The zero-order valence-electron chi connectivity index (χ0n) is 20.8. The van der Waals surface area contributed by atoms with Gasteiger partial charge in [0.2, 0.25) is 0 Å². The predicted molar refractivity (Wildman–Crippen MR) is 139 cm³/mol. The third kappa shape index (κ3) is 8.32. The van der Waals surface area contributed by atoms with E-state index in [-0.39, 0.29) is 29.2 Å². The summed E-state index contributed by atoms with van der Waals surface area (Å²) in [6, 6.07) is 6.74. The monoisotopic (exact) mass is 541 g/mol. The van der Waals surface area contributed by atoms with Gasteiger partial charge in [0.25, 0.3) is 0 Å². The van der Waals surface area contributed by atoms with Gasteiger partial charge in [-0.3, -0.25) is 9.36 Å². The number of sulfone groups is 1. The minimum absolute atomic E-state index is 0.0965. The molecule has 1 fully saturated rings. The molecule has 194 valence electrons. The predicted octanol–water partition coefficient (Wildman–Crippen LogP) is 5.83. The molecule has 0 radical (unpaired) electrons. The van der Waals surface area contributed by atoms with Crippen LogP contribution in [0.2, 0.25) is 0 Å². The van der Waals surface area contributed by atoms with Crippen molar-refractivity contribution in [3.05, 3.63) is 45.9 Å². The van der Waals surface area contributed by atoms with Crippen molar-refractivity contribution < 1.29 is 26.8 Å². The van der Waals surface area contributed by atoms with E-state index in [0.717, 1.165) is 34.7 Å². The highest BCUT2D eigenvalue weighted by atomic mass is 32.2. The summed E-state index contributed by atoms with van der Waals surface area (Å²) < 4.78 is 47.1. The number of hydrogen-bond acceptors (Lipinski definition) is 8. The Labute approximate surface area is 213 Å². The Morgan fingerprint density at radius 3 is 2.34 bits per heavy atom. The van der Waals surface area contributed by atoms with E-state index in [1.807, 2.05) is 0 Å². The number of benzene rings is 1. The number of hydrogen-bond donors (Lipinski definition) is 0. The maximum absolute atomic E-state index is 13.4. The van der Waals surface area contributed by atoms with Gasteiger partial charge >= 0.3 is 7.60 Å². The summed E-state index contributed by atoms with van der Waals surface area (Å²) in [7, 11) is -6.41. The van der Waals surface area contributed by atoms with Gasteiger partial charge < -0.3 is 9.05 Å². The van der Waals surface area contributed by atoms with Crippen LogP contribution in [0.15, 0.2) is 35.4 Å². The lowest BCUT2D eigenvalue weighted by molar-refractivity contribution is -0.120. The van der Waals surface area contributed by atoms with Crippen molar-refractivity contribution in [2.24, 2.45) is 5.92 Å². The van der Waals surface area contributed by atoms with Crippen LogP contribution >= 0.6 is 18.9 Å². The maximum Gasteiger partial charge on any atom is 0.331 e. The smallest absolute Gasteiger partial charge is 0.309 e.